The summed E-state index contributed by atoms with van der Waals surface area (Å²) in [5.74, 6) is 7.30. The molecular weight excluding hydrogens is 364 g/mol. The number of benzene rings is 1. The van der Waals surface area contributed by atoms with Crippen LogP contribution in [0.1, 0.15) is 29.5 Å². The number of pyridine rings is 1. The Morgan fingerprint density at radius 2 is 2.00 bits per heavy atom. The summed E-state index contributed by atoms with van der Waals surface area (Å²) in [5.41, 5.74) is 2.17. The van der Waals surface area contributed by atoms with Crippen LogP contribution in [0.2, 0.25) is 0 Å². The molecule has 0 radical (unpaired) electrons. The minimum atomic E-state index is -0.922. The van der Waals surface area contributed by atoms with Gasteiger partial charge in [-0.2, -0.15) is 0 Å². The minimum absolute atomic E-state index is 0.266. The van der Waals surface area contributed by atoms with Gasteiger partial charge in [-0.3, -0.25) is 4.90 Å². The highest BCUT2D eigenvalue weighted by Crippen LogP contribution is 2.35. The summed E-state index contributed by atoms with van der Waals surface area (Å²) < 4.78 is 10.7. The van der Waals surface area contributed by atoms with Crippen molar-refractivity contribution in [2.75, 3.05) is 40.0 Å². The summed E-state index contributed by atoms with van der Waals surface area (Å²) in [6, 6.07) is 12.2. The third-order valence-electron chi connectivity index (χ3n) is 5.88. The molecule has 5 nitrogen and oxygen atoms in total. The smallest absolute Gasteiger partial charge is 0.213 e. The highest BCUT2D eigenvalue weighted by Gasteiger charge is 2.44. The predicted octanol–water partition coefficient (Wildman–Crippen LogP) is 2.51. The average molecular weight is 392 g/mol. The molecule has 29 heavy (non-hydrogen) atoms. The fourth-order valence-corrected chi connectivity index (χ4v) is 4.21. The monoisotopic (exact) mass is 392 g/mol. The van der Waals surface area contributed by atoms with Gasteiger partial charge < -0.3 is 14.6 Å². The predicted molar refractivity (Wildman–Crippen MR) is 112 cm³/mol. The van der Waals surface area contributed by atoms with Crippen molar-refractivity contribution in [2.24, 2.45) is 5.92 Å². The summed E-state index contributed by atoms with van der Waals surface area (Å²) in [7, 11) is 1.65. The van der Waals surface area contributed by atoms with Crippen molar-refractivity contribution in [3.8, 4) is 17.7 Å². The van der Waals surface area contributed by atoms with Crippen LogP contribution in [0.4, 0.5) is 0 Å². The van der Waals surface area contributed by atoms with E-state index in [4.69, 9.17) is 9.47 Å². The molecule has 0 amide bonds. The van der Waals surface area contributed by atoms with Crippen LogP contribution in [0.25, 0.3) is 0 Å². The minimum Gasteiger partial charge on any atom is -0.475 e. The molecule has 1 unspecified atom stereocenters. The number of fused-ring (bicyclic) bond motifs is 3. The molecule has 5 heteroatoms. The van der Waals surface area contributed by atoms with Crippen molar-refractivity contribution in [1.29, 1.82) is 0 Å². The van der Waals surface area contributed by atoms with Crippen molar-refractivity contribution >= 4 is 0 Å². The molecule has 1 aromatic heterocycles. The molecule has 3 aliphatic rings. The Labute approximate surface area is 172 Å². The van der Waals surface area contributed by atoms with Crippen LogP contribution in [0.15, 0.2) is 42.6 Å². The first-order chi connectivity index (χ1) is 14.2. The van der Waals surface area contributed by atoms with Crippen molar-refractivity contribution in [3.05, 3.63) is 59.3 Å². The fourth-order valence-electron chi connectivity index (χ4n) is 4.21. The van der Waals surface area contributed by atoms with E-state index in [1.165, 1.54) is 5.56 Å². The van der Waals surface area contributed by atoms with Gasteiger partial charge in [0.15, 0.2) is 0 Å². The number of aliphatic hydroxyl groups is 1. The van der Waals surface area contributed by atoms with Crippen molar-refractivity contribution in [2.45, 2.75) is 24.9 Å². The quantitative estimate of drug-likeness (QED) is 0.605. The average Bonchev–Trinajstić information content (AvgIpc) is 2.75. The molecule has 1 N–H and O–H groups in total. The van der Waals surface area contributed by atoms with Crippen LogP contribution in [0.3, 0.4) is 0 Å². The van der Waals surface area contributed by atoms with Gasteiger partial charge in [0.2, 0.25) is 5.88 Å². The van der Waals surface area contributed by atoms with Gasteiger partial charge in [-0.05, 0) is 43.5 Å². The molecule has 0 spiro atoms. The molecule has 4 heterocycles. The summed E-state index contributed by atoms with van der Waals surface area (Å²) >= 11 is 0. The molecule has 5 rings (SSSR count). The van der Waals surface area contributed by atoms with E-state index >= 15 is 0 Å². The molecular formula is C24H28N2O3. The Hall–Kier alpha value is -2.39. The van der Waals surface area contributed by atoms with Crippen LogP contribution in [0, 0.1) is 17.8 Å². The number of hydrogen-bond donors (Lipinski definition) is 1. The molecule has 3 aliphatic heterocycles. The van der Waals surface area contributed by atoms with E-state index in [1.807, 2.05) is 24.3 Å². The van der Waals surface area contributed by atoms with Crippen LogP contribution >= 0.6 is 0 Å². The van der Waals surface area contributed by atoms with Gasteiger partial charge in [0.25, 0.3) is 0 Å². The molecule has 2 bridgehead atoms. The molecule has 3 fully saturated rings. The summed E-state index contributed by atoms with van der Waals surface area (Å²) in [5, 5.41) is 11.1. The van der Waals surface area contributed by atoms with Crippen LogP contribution < -0.4 is 4.74 Å². The highest BCUT2D eigenvalue weighted by atomic mass is 16.5. The Bertz CT molecular complexity index is 882. The number of aromatic nitrogens is 1. The van der Waals surface area contributed by atoms with Gasteiger partial charge in [-0.25, -0.2) is 4.98 Å². The number of hydrogen-bond acceptors (Lipinski definition) is 5. The van der Waals surface area contributed by atoms with E-state index in [9.17, 15) is 5.11 Å². The zero-order valence-corrected chi connectivity index (χ0v) is 16.9. The molecule has 152 valence electrons. The second-order valence-corrected chi connectivity index (χ2v) is 7.91. The Kier molecular flexibility index (Phi) is 6.15. The maximum absolute atomic E-state index is 11.1. The van der Waals surface area contributed by atoms with Gasteiger partial charge in [-0.1, -0.05) is 42.2 Å². The van der Waals surface area contributed by atoms with E-state index in [0.717, 1.165) is 43.5 Å². The second kappa shape index (κ2) is 8.96. The van der Waals surface area contributed by atoms with E-state index < -0.39 is 5.60 Å². The lowest BCUT2D eigenvalue weighted by Gasteiger charge is -2.47. The molecule has 2 aromatic rings. The lowest BCUT2D eigenvalue weighted by Crippen LogP contribution is -2.58. The van der Waals surface area contributed by atoms with Crippen LogP contribution in [-0.2, 0) is 11.2 Å². The van der Waals surface area contributed by atoms with Gasteiger partial charge in [0.1, 0.15) is 12.2 Å². The number of rotatable bonds is 6. The Balaban J connectivity index is 1.60. The van der Waals surface area contributed by atoms with E-state index in [2.05, 4.69) is 33.9 Å². The maximum atomic E-state index is 11.1. The molecule has 3 saturated heterocycles. The van der Waals surface area contributed by atoms with Crippen LogP contribution in [0.5, 0.6) is 5.88 Å². The number of methoxy groups -OCH3 is 1. The highest BCUT2D eigenvalue weighted by molar-refractivity contribution is 5.45. The lowest BCUT2D eigenvalue weighted by molar-refractivity contribution is -0.0713. The first-order valence-corrected chi connectivity index (χ1v) is 10.3. The fraction of sp³-hybridized carbons (Fsp3) is 0.458. The van der Waals surface area contributed by atoms with Crippen molar-refractivity contribution in [1.82, 2.24) is 9.88 Å². The standard InChI is InChI=1S/C24H28N2O3/c1-28-13-14-29-23-16-21(15-19-5-3-2-4-6-19)20(17-25-23)7-10-24(27)18-26-11-8-22(24)9-12-26/h2-6,16-17,22,27H,8-9,11-15,18H2,1H3. The van der Waals surface area contributed by atoms with Gasteiger partial charge in [0.05, 0.1) is 6.61 Å². The van der Waals surface area contributed by atoms with E-state index in [0.29, 0.717) is 25.6 Å². The maximum Gasteiger partial charge on any atom is 0.213 e. The Morgan fingerprint density at radius 3 is 2.69 bits per heavy atom. The number of nitrogens with zero attached hydrogens (tertiary/aromatic N) is 2. The Morgan fingerprint density at radius 1 is 1.21 bits per heavy atom. The summed E-state index contributed by atoms with van der Waals surface area (Å²) in [6.45, 7) is 3.76. The van der Waals surface area contributed by atoms with E-state index in [1.54, 1.807) is 13.3 Å². The molecule has 0 saturated carbocycles. The van der Waals surface area contributed by atoms with Crippen molar-refractivity contribution in [3.63, 3.8) is 0 Å². The molecule has 1 aromatic carbocycles. The van der Waals surface area contributed by atoms with Gasteiger partial charge in [-0.15, -0.1) is 0 Å². The third-order valence-corrected chi connectivity index (χ3v) is 5.88. The summed E-state index contributed by atoms with van der Waals surface area (Å²) in [4.78, 5) is 6.72. The normalized spacial score (nSPS) is 25.3. The molecule has 1 atom stereocenters. The zero-order chi connectivity index (χ0) is 20.1. The second-order valence-electron chi connectivity index (χ2n) is 7.91. The van der Waals surface area contributed by atoms with Crippen molar-refractivity contribution < 1.29 is 14.6 Å². The van der Waals surface area contributed by atoms with E-state index in [-0.39, 0.29) is 5.92 Å². The first kappa shape index (κ1) is 19.9. The SMILES string of the molecule is COCCOc1cc(Cc2ccccc2)c(C#CC2(O)CN3CCC2CC3)cn1. The zero-order valence-electron chi connectivity index (χ0n) is 16.9. The lowest BCUT2D eigenvalue weighted by atomic mass is 9.75. The summed E-state index contributed by atoms with van der Waals surface area (Å²) in [6.07, 6.45) is 4.54. The molecule has 0 aliphatic carbocycles. The van der Waals surface area contributed by atoms with Gasteiger partial charge >= 0.3 is 0 Å². The number of ether oxygens (including phenoxy) is 2. The van der Waals surface area contributed by atoms with Crippen LogP contribution in [-0.4, -0.2) is 60.5 Å². The number of piperidine rings is 3. The largest absolute Gasteiger partial charge is 0.475 e. The first-order valence-electron chi connectivity index (χ1n) is 10.3. The topological polar surface area (TPSA) is 54.8 Å². The third kappa shape index (κ3) is 4.79. The van der Waals surface area contributed by atoms with Gasteiger partial charge in [0, 0.05) is 37.4 Å².